The minimum atomic E-state index is -0.812. The fourth-order valence-corrected chi connectivity index (χ4v) is 1.79. The number of carbonyl (C=O) groups is 1. The van der Waals surface area contributed by atoms with Gasteiger partial charge in [-0.25, -0.2) is 4.98 Å². The standard InChI is InChI=1S/C10H9ClN2O2/c11-10-9-7(3-4-8(14)15)2-1-5-13(9)6-12-10/h1-2,5-6H,3-4H2,(H,14,15). The number of carboxylic acid groups (broad SMARTS) is 1. The number of nitrogens with zero attached hydrogens (tertiary/aromatic N) is 2. The number of imidazole rings is 1. The highest BCUT2D eigenvalue weighted by Crippen LogP contribution is 2.20. The van der Waals surface area contributed by atoms with Crippen molar-refractivity contribution in [1.29, 1.82) is 0 Å². The third-order valence-electron chi connectivity index (χ3n) is 2.21. The van der Waals surface area contributed by atoms with E-state index in [9.17, 15) is 4.79 Å². The number of pyridine rings is 1. The molecule has 4 nitrogen and oxygen atoms in total. The summed E-state index contributed by atoms with van der Waals surface area (Å²) in [4.78, 5) is 14.4. The Morgan fingerprint density at radius 3 is 3.13 bits per heavy atom. The number of fused-ring (bicyclic) bond motifs is 1. The van der Waals surface area contributed by atoms with Crippen LogP contribution in [-0.4, -0.2) is 20.5 Å². The van der Waals surface area contributed by atoms with E-state index in [2.05, 4.69) is 4.98 Å². The van der Waals surface area contributed by atoms with Gasteiger partial charge in [0.25, 0.3) is 0 Å². The molecule has 5 heteroatoms. The summed E-state index contributed by atoms with van der Waals surface area (Å²) in [6, 6.07) is 3.72. The van der Waals surface area contributed by atoms with Crippen LogP contribution in [0.2, 0.25) is 5.15 Å². The molecule has 2 rings (SSSR count). The Morgan fingerprint density at radius 2 is 2.40 bits per heavy atom. The second-order valence-electron chi connectivity index (χ2n) is 3.22. The van der Waals surface area contributed by atoms with Gasteiger partial charge in [-0.15, -0.1) is 0 Å². The fourth-order valence-electron chi connectivity index (χ4n) is 1.52. The Balaban J connectivity index is 2.41. The Hall–Kier alpha value is -1.55. The third-order valence-corrected chi connectivity index (χ3v) is 2.48. The molecule has 0 radical (unpaired) electrons. The van der Waals surface area contributed by atoms with Gasteiger partial charge >= 0.3 is 5.97 Å². The van der Waals surface area contributed by atoms with E-state index in [1.54, 1.807) is 10.7 Å². The Bertz CT molecular complexity index is 507. The van der Waals surface area contributed by atoms with Crippen LogP contribution in [0.3, 0.4) is 0 Å². The van der Waals surface area contributed by atoms with Crippen molar-refractivity contribution in [2.24, 2.45) is 0 Å². The van der Waals surface area contributed by atoms with E-state index >= 15 is 0 Å². The van der Waals surface area contributed by atoms with E-state index in [0.29, 0.717) is 11.6 Å². The normalized spacial score (nSPS) is 10.7. The molecular formula is C10H9ClN2O2. The monoisotopic (exact) mass is 224 g/mol. The predicted octanol–water partition coefficient (Wildman–Crippen LogP) is 2.00. The van der Waals surface area contributed by atoms with Gasteiger partial charge in [0.05, 0.1) is 5.52 Å². The molecule has 0 atom stereocenters. The van der Waals surface area contributed by atoms with Crippen molar-refractivity contribution in [3.63, 3.8) is 0 Å². The van der Waals surface area contributed by atoms with Crippen molar-refractivity contribution < 1.29 is 9.90 Å². The zero-order chi connectivity index (χ0) is 10.8. The second-order valence-corrected chi connectivity index (χ2v) is 3.58. The minimum absolute atomic E-state index is 0.0984. The number of aliphatic carboxylic acids is 1. The van der Waals surface area contributed by atoms with E-state index in [1.165, 1.54) is 0 Å². The van der Waals surface area contributed by atoms with Crippen molar-refractivity contribution in [2.45, 2.75) is 12.8 Å². The average Bonchev–Trinajstić information content (AvgIpc) is 2.58. The molecule has 0 bridgehead atoms. The molecule has 0 aliphatic rings. The Labute approximate surface area is 91.1 Å². The molecule has 0 aromatic carbocycles. The lowest BCUT2D eigenvalue weighted by molar-refractivity contribution is -0.136. The molecule has 0 aliphatic heterocycles. The number of hydrogen-bond donors (Lipinski definition) is 1. The van der Waals surface area contributed by atoms with Gasteiger partial charge in [0.1, 0.15) is 6.33 Å². The van der Waals surface area contributed by atoms with Gasteiger partial charge in [-0.2, -0.15) is 0 Å². The lowest BCUT2D eigenvalue weighted by Crippen LogP contribution is -1.99. The van der Waals surface area contributed by atoms with E-state index in [0.717, 1.165) is 11.1 Å². The van der Waals surface area contributed by atoms with Crippen molar-refractivity contribution in [3.05, 3.63) is 35.4 Å². The van der Waals surface area contributed by atoms with Crippen LogP contribution in [0.25, 0.3) is 5.52 Å². The van der Waals surface area contributed by atoms with Crippen LogP contribution in [0.1, 0.15) is 12.0 Å². The number of carboxylic acids is 1. The van der Waals surface area contributed by atoms with Crippen LogP contribution in [0, 0.1) is 0 Å². The molecule has 0 unspecified atom stereocenters. The highest BCUT2D eigenvalue weighted by atomic mass is 35.5. The zero-order valence-corrected chi connectivity index (χ0v) is 8.61. The Morgan fingerprint density at radius 1 is 1.60 bits per heavy atom. The molecule has 0 fully saturated rings. The molecular weight excluding hydrogens is 216 g/mol. The van der Waals surface area contributed by atoms with Gasteiger partial charge in [0.15, 0.2) is 5.15 Å². The zero-order valence-electron chi connectivity index (χ0n) is 7.85. The summed E-state index contributed by atoms with van der Waals surface area (Å²) in [5.74, 6) is -0.812. The van der Waals surface area contributed by atoms with Crippen LogP contribution < -0.4 is 0 Å². The maximum Gasteiger partial charge on any atom is 0.303 e. The van der Waals surface area contributed by atoms with Gasteiger partial charge in [0.2, 0.25) is 0 Å². The van der Waals surface area contributed by atoms with Gasteiger partial charge in [0, 0.05) is 12.6 Å². The average molecular weight is 225 g/mol. The van der Waals surface area contributed by atoms with Gasteiger partial charge < -0.3 is 9.51 Å². The molecule has 0 saturated heterocycles. The van der Waals surface area contributed by atoms with Gasteiger partial charge in [-0.1, -0.05) is 17.7 Å². The molecule has 2 aromatic rings. The smallest absolute Gasteiger partial charge is 0.303 e. The van der Waals surface area contributed by atoms with E-state index in [1.807, 2.05) is 18.3 Å². The number of rotatable bonds is 3. The molecule has 0 saturated carbocycles. The minimum Gasteiger partial charge on any atom is -0.481 e. The molecule has 1 N–H and O–H groups in total. The number of halogens is 1. The Kier molecular flexibility index (Phi) is 2.60. The second kappa shape index (κ2) is 3.90. The predicted molar refractivity (Wildman–Crippen MR) is 56.2 cm³/mol. The highest BCUT2D eigenvalue weighted by molar-refractivity contribution is 6.32. The summed E-state index contributed by atoms with van der Waals surface area (Å²) in [6.07, 6.45) is 4.01. The fraction of sp³-hybridized carbons (Fsp3) is 0.200. The number of aromatic nitrogens is 2. The van der Waals surface area contributed by atoms with Crippen molar-refractivity contribution in [3.8, 4) is 0 Å². The topological polar surface area (TPSA) is 54.6 Å². The maximum atomic E-state index is 10.5. The molecule has 15 heavy (non-hydrogen) atoms. The van der Waals surface area contributed by atoms with Crippen LogP contribution in [-0.2, 0) is 11.2 Å². The largest absolute Gasteiger partial charge is 0.481 e. The van der Waals surface area contributed by atoms with Crippen LogP contribution >= 0.6 is 11.6 Å². The molecule has 0 amide bonds. The van der Waals surface area contributed by atoms with Crippen molar-refractivity contribution >= 4 is 23.1 Å². The van der Waals surface area contributed by atoms with Crippen LogP contribution in [0.4, 0.5) is 0 Å². The van der Waals surface area contributed by atoms with E-state index < -0.39 is 5.97 Å². The highest BCUT2D eigenvalue weighted by Gasteiger charge is 2.08. The summed E-state index contributed by atoms with van der Waals surface area (Å²) in [5, 5.41) is 9.02. The summed E-state index contributed by atoms with van der Waals surface area (Å²) < 4.78 is 1.79. The summed E-state index contributed by atoms with van der Waals surface area (Å²) in [5.41, 5.74) is 1.70. The molecule has 78 valence electrons. The number of hydrogen-bond acceptors (Lipinski definition) is 2. The van der Waals surface area contributed by atoms with Gasteiger partial charge in [-0.3, -0.25) is 4.79 Å². The van der Waals surface area contributed by atoms with Crippen LogP contribution in [0.5, 0.6) is 0 Å². The first-order valence-corrected chi connectivity index (χ1v) is 4.88. The molecule has 0 spiro atoms. The van der Waals surface area contributed by atoms with Crippen molar-refractivity contribution in [2.75, 3.05) is 0 Å². The first-order chi connectivity index (χ1) is 7.18. The molecule has 2 heterocycles. The number of aryl methyl sites for hydroxylation is 1. The van der Waals surface area contributed by atoms with Crippen LogP contribution in [0.15, 0.2) is 24.7 Å². The van der Waals surface area contributed by atoms with E-state index in [4.69, 9.17) is 16.7 Å². The molecule has 0 aliphatic carbocycles. The quantitative estimate of drug-likeness (QED) is 0.868. The van der Waals surface area contributed by atoms with Gasteiger partial charge in [-0.05, 0) is 18.1 Å². The van der Waals surface area contributed by atoms with E-state index in [-0.39, 0.29) is 6.42 Å². The summed E-state index contributed by atoms with van der Waals surface area (Å²) >= 11 is 5.91. The first kappa shape index (κ1) is 9.98. The lowest BCUT2D eigenvalue weighted by Gasteiger charge is -2.02. The van der Waals surface area contributed by atoms with Crippen molar-refractivity contribution in [1.82, 2.24) is 9.38 Å². The maximum absolute atomic E-state index is 10.5. The summed E-state index contributed by atoms with van der Waals surface area (Å²) in [6.45, 7) is 0. The summed E-state index contributed by atoms with van der Waals surface area (Å²) in [7, 11) is 0. The molecule has 2 aromatic heterocycles. The lowest BCUT2D eigenvalue weighted by atomic mass is 10.1. The third kappa shape index (κ3) is 1.94. The SMILES string of the molecule is O=C(O)CCc1cccn2cnc(Cl)c12. The first-order valence-electron chi connectivity index (χ1n) is 4.50.